The van der Waals surface area contributed by atoms with Crippen LogP contribution in [-0.2, 0) is 10.8 Å². The molecule has 0 bridgehead atoms. The van der Waals surface area contributed by atoms with E-state index in [1.165, 1.54) is 117 Å². The van der Waals surface area contributed by atoms with Gasteiger partial charge in [-0.2, -0.15) is 0 Å². The number of rotatable bonds is 8. The highest BCUT2D eigenvalue weighted by Gasteiger charge is 2.46. The minimum atomic E-state index is -0.235. The van der Waals surface area contributed by atoms with Gasteiger partial charge in [-0.25, -0.2) is 0 Å². The largest absolute Gasteiger partial charge is 0.310 e. The summed E-state index contributed by atoms with van der Waals surface area (Å²) in [5, 5.41) is 0. The molecule has 11 aromatic rings. The monoisotopic (exact) mass is 988 g/mol. The first-order valence-electron chi connectivity index (χ1n) is 27.2. The van der Waals surface area contributed by atoms with Crippen LogP contribution in [0.15, 0.2) is 261 Å². The maximum Gasteiger partial charge on any atom is 0.252 e. The van der Waals surface area contributed by atoms with Crippen LogP contribution in [0.1, 0.15) is 52.7 Å². The molecule has 11 aromatic carbocycles. The molecule has 0 atom stereocenters. The predicted molar refractivity (Wildman–Crippen MR) is 330 cm³/mol. The smallest absolute Gasteiger partial charge is 0.252 e. The highest BCUT2D eigenvalue weighted by molar-refractivity contribution is 7.00. The molecule has 3 heteroatoms. The fraction of sp³-hybridized carbons (Fsp3) is 0.108. The van der Waals surface area contributed by atoms with Gasteiger partial charge in [-0.05, 0) is 107 Å². The van der Waals surface area contributed by atoms with Gasteiger partial charge < -0.3 is 9.80 Å². The highest BCUT2D eigenvalue weighted by Crippen LogP contribution is 2.54. The van der Waals surface area contributed by atoms with E-state index in [1.807, 2.05) is 0 Å². The second kappa shape index (κ2) is 19.0. The van der Waals surface area contributed by atoms with Crippen molar-refractivity contribution in [2.45, 2.75) is 52.4 Å². The molecule has 0 fully saturated rings. The Morgan fingerprint density at radius 3 is 1.01 bits per heavy atom. The molecular weight excluding hydrogens is 928 g/mol. The van der Waals surface area contributed by atoms with E-state index in [4.69, 9.17) is 0 Å². The Labute approximate surface area is 455 Å². The standard InChI is InChI=1S/C74H61BN2/c1-73(2,3)57-46-68-70-69(47-57)77(72-60(53-33-19-10-20-34-53)41-26-42-61(72)54-35-21-11-22-36-54)67-49-63(74(4,5)6)62(55-37-23-12-24-38-55)48-65(67)75(70)64-44-43-56(50-27-13-7-14-28-50)45-66(64)76(68)71-58(51-29-15-8-16-30-51)39-25-40-59(71)52-31-17-9-18-32-52/h7-49H,1-6H3. The molecule has 0 saturated carbocycles. The lowest BCUT2D eigenvalue weighted by Crippen LogP contribution is -2.61. The summed E-state index contributed by atoms with van der Waals surface area (Å²) in [7, 11) is 0. The van der Waals surface area contributed by atoms with Crippen molar-refractivity contribution < 1.29 is 0 Å². The van der Waals surface area contributed by atoms with Crippen LogP contribution in [0.3, 0.4) is 0 Å². The first kappa shape index (κ1) is 47.8. The Hall–Kier alpha value is -8.92. The van der Waals surface area contributed by atoms with Gasteiger partial charge in [0.2, 0.25) is 0 Å². The number of benzene rings is 11. The van der Waals surface area contributed by atoms with E-state index < -0.39 is 0 Å². The number of anilines is 6. The second-order valence-corrected chi connectivity index (χ2v) is 22.9. The average Bonchev–Trinajstić information content (AvgIpc) is 3.48. The molecular formula is C74H61BN2. The van der Waals surface area contributed by atoms with Crippen LogP contribution in [0.25, 0.3) is 66.8 Å². The molecule has 2 nitrogen and oxygen atoms in total. The molecule has 2 aliphatic rings. The van der Waals surface area contributed by atoms with Gasteiger partial charge >= 0.3 is 0 Å². The van der Waals surface area contributed by atoms with E-state index in [1.54, 1.807) is 0 Å². The van der Waals surface area contributed by atoms with E-state index in [-0.39, 0.29) is 17.5 Å². The quantitative estimate of drug-likeness (QED) is 0.140. The van der Waals surface area contributed by atoms with Gasteiger partial charge in [-0.3, -0.25) is 0 Å². The second-order valence-electron chi connectivity index (χ2n) is 22.9. The van der Waals surface area contributed by atoms with Gasteiger partial charge in [0.05, 0.1) is 11.4 Å². The van der Waals surface area contributed by atoms with Crippen molar-refractivity contribution in [3.63, 3.8) is 0 Å². The number of hydrogen-bond donors (Lipinski definition) is 0. The molecule has 2 heterocycles. The lowest BCUT2D eigenvalue weighted by atomic mass is 9.33. The summed E-state index contributed by atoms with van der Waals surface area (Å²) in [4.78, 5) is 5.36. The predicted octanol–water partition coefficient (Wildman–Crippen LogP) is 18.4. The Morgan fingerprint density at radius 1 is 0.273 bits per heavy atom. The lowest BCUT2D eigenvalue weighted by Gasteiger charge is -2.47. The number of nitrogens with zero attached hydrogens (tertiary/aromatic N) is 2. The molecule has 2 aliphatic heterocycles. The zero-order valence-electron chi connectivity index (χ0n) is 44.8. The summed E-state index contributed by atoms with van der Waals surface area (Å²) < 4.78 is 0. The highest BCUT2D eigenvalue weighted by atomic mass is 15.2. The van der Waals surface area contributed by atoms with Crippen molar-refractivity contribution in [1.29, 1.82) is 0 Å². The maximum atomic E-state index is 2.69. The fourth-order valence-corrected chi connectivity index (χ4v) is 12.2. The number of fused-ring (bicyclic) bond motifs is 4. The summed E-state index contributed by atoms with van der Waals surface area (Å²) in [5.74, 6) is 0. The van der Waals surface area contributed by atoms with Crippen molar-refractivity contribution in [2.75, 3.05) is 9.80 Å². The van der Waals surface area contributed by atoms with Crippen LogP contribution in [-0.4, -0.2) is 6.71 Å². The van der Waals surface area contributed by atoms with Gasteiger partial charge in [0.25, 0.3) is 6.71 Å². The summed E-state index contributed by atoms with van der Waals surface area (Å²) in [6.45, 7) is 14.1. The Morgan fingerprint density at radius 2 is 0.636 bits per heavy atom. The number of hydrogen-bond acceptors (Lipinski definition) is 2. The van der Waals surface area contributed by atoms with Gasteiger partial charge in [0, 0.05) is 45.0 Å². The summed E-state index contributed by atoms with van der Waals surface area (Å²) in [6, 6.07) is 97.4. The third-order valence-electron chi connectivity index (χ3n) is 15.9. The summed E-state index contributed by atoms with van der Waals surface area (Å²) in [6.07, 6.45) is 0. The maximum absolute atomic E-state index is 2.69. The fourth-order valence-electron chi connectivity index (χ4n) is 12.2. The van der Waals surface area contributed by atoms with E-state index in [2.05, 4.69) is 312 Å². The minimum absolute atomic E-state index is 0.138. The van der Waals surface area contributed by atoms with Crippen molar-refractivity contribution in [3.05, 3.63) is 272 Å². The lowest BCUT2D eigenvalue weighted by molar-refractivity contribution is 0.590. The topological polar surface area (TPSA) is 6.48 Å². The molecule has 0 saturated heterocycles. The van der Waals surface area contributed by atoms with E-state index >= 15 is 0 Å². The zero-order chi connectivity index (χ0) is 52.4. The van der Waals surface area contributed by atoms with Crippen LogP contribution < -0.4 is 26.2 Å². The SMILES string of the molecule is CC(C)(C)c1cc2c3c(c1)N(c1c(-c4ccccc4)cccc1-c1ccccc1)c1cc(C(C)(C)C)c(-c4ccccc4)cc1B3c1ccc(-c3ccccc3)cc1N2c1c(-c2ccccc2)cccc1-c1ccccc1. The van der Waals surface area contributed by atoms with Crippen molar-refractivity contribution in [1.82, 2.24) is 0 Å². The van der Waals surface area contributed by atoms with Crippen LogP contribution >= 0.6 is 0 Å². The Kier molecular flexibility index (Phi) is 11.8. The first-order valence-corrected chi connectivity index (χ1v) is 27.2. The average molecular weight is 989 g/mol. The first-order chi connectivity index (χ1) is 37.5. The number of para-hydroxylation sites is 2. The molecule has 0 spiro atoms. The van der Waals surface area contributed by atoms with Gasteiger partial charge in [0.1, 0.15) is 0 Å². The van der Waals surface area contributed by atoms with Crippen molar-refractivity contribution in [2.24, 2.45) is 0 Å². The molecule has 0 amide bonds. The molecule has 77 heavy (non-hydrogen) atoms. The van der Waals surface area contributed by atoms with E-state index in [0.717, 1.165) is 11.4 Å². The third-order valence-corrected chi connectivity index (χ3v) is 15.9. The third kappa shape index (κ3) is 8.39. The van der Waals surface area contributed by atoms with Crippen LogP contribution in [0.5, 0.6) is 0 Å². The zero-order valence-corrected chi connectivity index (χ0v) is 44.8. The van der Waals surface area contributed by atoms with Crippen LogP contribution in [0, 0.1) is 0 Å². The van der Waals surface area contributed by atoms with E-state index in [9.17, 15) is 0 Å². The van der Waals surface area contributed by atoms with E-state index in [0.29, 0.717) is 0 Å². The molecule has 0 unspecified atom stereocenters. The van der Waals surface area contributed by atoms with Crippen molar-refractivity contribution in [3.8, 4) is 66.8 Å². The van der Waals surface area contributed by atoms with Gasteiger partial charge in [-0.1, -0.05) is 278 Å². The summed E-state index contributed by atoms with van der Waals surface area (Å²) >= 11 is 0. The Balaban J connectivity index is 1.24. The molecule has 13 rings (SSSR count). The minimum Gasteiger partial charge on any atom is -0.310 e. The molecule has 0 N–H and O–H groups in total. The molecule has 0 aromatic heterocycles. The van der Waals surface area contributed by atoms with Gasteiger partial charge in [-0.15, -0.1) is 0 Å². The van der Waals surface area contributed by atoms with Crippen molar-refractivity contribution >= 4 is 57.2 Å². The molecule has 370 valence electrons. The normalized spacial score (nSPS) is 12.7. The molecule has 0 aliphatic carbocycles. The molecule has 0 radical (unpaired) electrons. The Bertz CT molecular complexity index is 3860. The summed E-state index contributed by atoms with van der Waals surface area (Å²) in [5.41, 5.74) is 27.3. The van der Waals surface area contributed by atoms with Crippen LogP contribution in [0.2, 0.25) is 0 Å². The van der Waals surface area contributed by atoms with Gasteiger partial charge in [0.15, 0.2) is 0 Å². The van der Waals surface area contributed by atoms with Crippen LogP contribution in [0.4, 0.5) is 34.1 Å².